The average Bonchev–Trinajstić information content (AvgIpc) is 3.39. The Bertz CT molecular complexity index is 1420. The molecule has 0 saturated carbocycles. The number of carbonyl (C=O) groups is 2. The summed E-state index contributed by atoms with van der Waals surface area (Å²) in [5.41, 5.74) is 17.4. The molecule has 74 heavy (non-hydrogen) atoms. The molecule has 0 aromatic heterocycles. The van der Waals surface area contributed by atoms with Crippen molar-refractivity contribution < 1.29 is 51.8 Å². The molecule has 17 nitrogen and oxygen atoms in total. The quantitative estimate of drug-likeness (QED) is 0.0114. The van der Waals surface area contributed by atoms with E-state index in [1.165, 1.54) is 134 Å². The van der Waals surface area contributed by atoms with Crippen LogP contribution in [0.1, 0.15) is 259 Å². The second-order valence-corrected chi connectivity index (χ2v) is 21.2. The number of carbonyl (C=O) groups excluding carboxylic acids is 2. The minimum absolute atomic E-state index is 0.00134. The van der Waals surface area contributed by atoms with Crippen LogP contribution in [0.3, 0.4) is 0 Å². The van der Waals surface area contributed by atoms with Gasteiger partial charge in [0.05, 0.1) is 64.9 Å². The monoisotopic (exact) mass is 1070 g/mol. The molecule has 1 unspecified atom stereocenters. The number of azide groups is 2. The van der Waals surface area contributed by atoms with Gasteiger partial charge < -0.3 is 24.1 Å². The van der Waals surface area contributed by atoms with Gasteiger partial charge in [0.15, 0.2) is 0 Å². The maximum Gasteiger partial charge on any atom is 0.475 e. The molecular weight excluding hydrogens is 964 g/mol. The Labute approximate surface area is 450 Å². The first kappa shape index (κ1) is 73.4. The number of ether oxygens (including phenoxy) is 4. The largest absolute Gasteiger partial charge is 0.475 e. The summed E-state index contributed by atoms with van der Waals surface area (Å²) in [4.78, 5) is 30.4. The molecule has 0 radical (unpaired) electrons. The molecular formula is C56H109N6O11P. The average molecular weight is 1070 g/mol. The van der Waals surface area contributed by atoms with Crippen LogP contribution in [0.5, 0.6) is 0 Å². The molecule has 0 bridgehead atoms. The molecule has 5 atom stereocenters. The van der Waals surface area contributed by atoms with Crippen LogP contribution in [-0.2, 0) is 46.7 Å². The molecule has 0 aliphatic rings. The van der Waals surface area contributed by atoms with E-state index in [4.69, 9.17) is 48.7 Å². The van der Waals surface area contributed by atoms with E-state index in [0.29, 0.717) is 45.3 Å². The number of hydrogen-bond acceptors (Lipinski definition) is 13. The van der Waals surface area contributed by atoms with E-state index in [1.54, 1.807) is 0 Å². The van der Waals surface area contributed by atoms with Crippen LogP contribution in [-0.4, -0.2) is 94.2 Å². The van der Waals surface area contributed by atoms with Crippen molar-refractivity contribution in [1.29, 1.82) is 0 Å². The molecule has 0 heterocycles. The van der Waals surface area contributed by atoms with Gasteiger partial charge in [0, 0.05) is 35.5 Å². The summed E-state index contributed by atoms with van der Waals surface area (Å²) < 4.78 is 51.5. The third-order valence-electron chi connectivity index (χ3n) is 12.5. The van der Waals surface area contributed by atoms with Crippen LogP contribution in [0.15, 0.2) is 22.9 Å². The molecule has 0 aliphatic carbocycles. The van der Waals surface area contributed by atoms with Gasteiger partial charge in [0.2, 0.25) is 0 Å². The number of phosphoric acid groups is 1. The zero-order valence-corrected chi connectivity index (χ0v) is 48.6. The summed E-state index contributed by atoms with van der Waals surface area (Å²) in [5.74, 6) is -0.243. The molecule has 0 aromatic carbocycles. The predicted octanol–water partition coefficient (Wildman–Crippen LogP) is 17.3. The maximum absolute atomic E-state index is 12.8. The topological polar surface area (TPSA) is 234 Å². The summed E-state index contributed by atoms with van der Waals surface area (Å²) in [6, 6.07) is -1.29. The van der Waals surface area contributed by atoms with E-state index < -0.39 is 19.9 Å². The molecule has 0 saturated heterocycles. The van der Waals surface area contributed by atoms with Crippen LogP contribution < -0.4 is 0 Å². The summed E-state index contributed by atoms with van der Waals surface area (Å²) in [5, 5.41) is 16.3. The highest BCUT2D eigenvalue weighted by molar-refractivity contribution is 7.48. The number of hydrogen-bond donors (Lipinski definition) is 1. The van der Waals surface area contributed by atoms with Crippen LogP contribution in [0.2, 0.25) is 0 Å². The van der Waals surface area contributed by atoms with Gasteiger partial charge in [0.1, 0.15) is 12.2 Å². The molecule has 0 aliphatic heterocycles. The third kappa shape index (κ3) is 51.4. The lowest BCUT2D eigenvalue weighted by Gasteiger charge is -2.20. The number of phosphoric ester groups is 1. The molecule has 18 heteroatoms. The molecule has 0 spiro atoms. The molecule has 1 N–H and O–H groups in total. The Hall–Kier alpha value is -2.71. The maximum atomic E-state index is 12.8. The summed E-state index contributed by atoms with van der Waals surface area (Å²) in [7, 11) is -3.81. The Balaban J connectivity index is 0. The first-order chi connectivity index (χ1) is 36.1. The zero-order valence-electron chi connectivity index (χ0n) is 47.7. The Kier molecular flexibility index (Phi) is 57.5. The van der Waals surface area contributed by atoms with Crippen molar-refractivity contribution in [3.05, 3.63) is 33.5 Å². The highest BCUT2D eigenvalue weighted by Crippen LogP contribution is 2.49. The fourth-order valence-electron chi connectivity index (χ4n) is 8.01. The van der Waals surface area contributed by atoms with Crippen LogP contribution in [0.25, 0.3) is 20.9 Å². The number of aliphatic hydroxyl groups excluding tert-OH is 1. The molecule has 0 rings (SSSR count). The third-order valence-corrected chi connectivity index (χ3v) is 13.9. The van der Waals surface area contributed by atoms with Gasteiger partial charge in [-0.1, -0.05) is 205 Å². The van der Waals surface area contributed by atoms with E-state index in [2.05, 4.69) is 54.3 Å². The normalized spacial score (nSPS) is 13.5. The van der Waals surface area contributed by atoms with Crippen molar-refractivity contribution >= 4 is 19.8 Å². The van der Waals surface area contributed by atoms with Crippen molar-refractivity contribution in [1.82, 2.24) is 0 Å². The fraction of sp³-hybridized carbons (Fsp3) is 0.929. The Morgan fingerprint density at radius 2 is 0.878 bits per heavy atom. The summed E-state index contributed by atoms with van der Waals surface area (Å²) in [6.07, 6.45) is 39.0. The zero-order chi connectivity index (χ0) is 54.9. The van der Waals surface area contributed by atoms with Crippen LogP contribution in [0.4, 0.5) is 0 Å². The second-order valence-electron chi connectivity index (χ2n) is 19.6. The van der Waals surface area contributed by atoms with Crippen molar-refractivity contribution in [3.8, 4) is 0 Å². The lowest BCUT2D eigenvalue weighted by atomic mass is 10.1. The lowest BCUT2D eigenvalue weighted by Crippen LogP contribution is -2.23. The van der Waals surface area contributed by atoms with Gasteiger partial charge in [-0.15, -0.1) is 6.58 Å². The number of nitrogens with zero attached hydrogens (tertiary/aromatic N) is 6. The Morgan fingerprint density at radius 3 is 1.26 bits per heavy atom. The van der Waals surface area contributed by atoms with Crippen molar-refractivity contribution in [3.63, 3.8) is 0 Å². The van der Waals surface area contributed by atoms with Gasteiger partial charge >= 0.3 is 19.8 Å². The predicted molar refractivity (Wildman–Crippen MR) is 300 cm³/mol. The van der Waals surface area contributed by atoms with E-state index in [-0.39, 0.29) is 63.8 Å². The van der Waals surface area contributed by atoms with Gasteiger partial charge in [-0.25, -0.2) is 4.57 Å². The number of aliphatic hydroxyl groups is 1. The van der Waals surface area contributed by atoms with Crippen molar-refractivity contribution in [2.24, 2.45) is 10.2 Å². The first-order valence-electron chi connectivity index (χ1n) is 29.5. The smallest absolute Gasteiger partial charge is 0.462 e. The van der Waals surface area contributed by atoms with Gasteiger partial charge in [-0.05, 0) is 56.0 Å². The number of unbranched alkanes of at least 4 members (excludes halogenated alkanes) is 24. The van der Waals surface area contributed by atoms with E-state index in [9.17, 15) is 14.2 Å². The van der Waals surface area contributed by atoms with Crippen molar-refractivity contribution in [2.45, 2.75) is 284 Å². The molecule has 0 aromatic rings. The minimum atomic E-state index is -3.81. The first-order valence-corrected chi connectivity index (χ1v) is 31.0. The fourth-order valence-corrected chi connectivity index (χ4v) is 9.29. The van der Waals surface area contributed by atoms with Gasteiger partial charge in [-0.3, -0.25) is 23.2 Å². The lowest BCUT2D eigenvalue weighted by molar-refractivity contribution is -0.151. The number of rotatable bonds is 56. The van der Waals surface area contributed by atoms with Gasteiger partial charge in [-0.2, -0.15) is 0 Å². The highest BCUT2D eigenvalue weighted by atomic mass is 31.2. The molecule has 434 valence electrons. The van der Waals surface area contributed by atoms with Gasteiger partial charge in [0.25, 0.3) is 0 Å². The minimum Gasteiger partial charge on any atom is -0.462 e. The van der Waals surface area contributed by atoms with Crippen LogP contribution in [0, 0.1) is 0 Å². The highest BCUT2D eigenvalue weighted by Gasteiger charge is 2.28. The number of esters is 2. The Morgan fingerprint density at radius 1 is 0.500 bits per heavy atom. The molecule has 0 amide bonds. The van der Waals surface area contributed by atoms with Crippen LogP contribution >= 0.6 is 7.82 Å². The van der Waals surface area contributed by atoms with E-state index in [0.717, 1.165) is 64.2 Å². The summed E-state index contributed by atoms with van der Waals surface area (Å²) >= 11 is 0. The second kappa shape index (κ2) is 58.0. The van der Waals surface area contributed by atoms with E-state index >= 15 is 0 Å². The molecule has 0 fully saturated rings. The van der Waals surface area contributed by atoms with E-state index in [1.807, 2.05) is 6.92 Å². The summed E-state index contributed by atoms with van der Waals surface area (Å²) in [6.45, 7) is 15.1. The standard InChI is InChI=1S/C31H60N3O7P.C25H49N3O4/c1-5-9-11-13-14-15-16-18-20-22-31(35)41-30(21-19-17-12-10-6-2)23-26-37-27-29(33-34-32)28-40-42(36,38-24-7-3)39-25-8-4;1-3-5-7-9-10-11-12-14-16-18-25(30)32-24(17-15-13-8-6-4-2)19-20-31-22-23(21-29)27-28-26/h7,29-30H,3,5-6,8-28H2,1-2,4H3;23-24,29H,3-22H2,1-2H3/t29-,30-,42?;23-,24+/m10/s1. The SMILES string of the molecule is C=CCOP(=O)(OCCC)OC[C@@H](COCC[C@@H](CCCCCCC)OC(=O)CCCCCCCCCCC)N=[N+]=[N-].CCCCCCCCCCCC(=O)O[C@H](CCCCCCC)CCOC[C@H](CO)N=[N+]=[N-]. The van der Waals surface area contributed by atoms with Crippen molar-refractivity contribution in [2.75, 3.05) is 52.9 Å².